The third-order valence-corrected chi connectivity index (χ3v) is 2.95. The molecule has 1 rings (SSSR count). The van der Waals surface area contributed by atoms with Crippen molar-refractivity contribution in [1.82, 2.24) is 4.98 Å². The van der Waals surface area contributed by atoms with Crippen molar-refractivity contribution in [3.8, 4) is 0 Å². The maximum Gasteiger partial charge on any atom is 0.497 e. The van der Waals surface area contributed by atoms with Crippen LogP contribution in [-0.2, 0) is 9.31 Å². The predicted octanol–water partition coefficient (Wildman–Crippen LogP) is 2.67. The minimum atomic E-state index is -0.462. The third-order valence-electron chi connectivity index (χ3n) is 2.64. The molecule has 0 spiro atoms. The number of rotatable bonds is 6. The van der Waals surface area contributed by atoms with E-state index in [1.807, 2.05) is 32.9 Å². The molecule has 0 aliphatic carbocycles. The van der Waals surface area contributed by atoms with E-state index in [1.54, 1.807) is 6.20 Å². The van der Waals surface area contributed by atoms with Gasteiger partial charge < -0.3 is 9.31 Å². The fourth-order valence-corrected chi connectivity index (χ4v) is 1.49. The molecule has 0 saturated heterocycles. The van der Waals surface area contributed by atoms with Gasteiger partial charge >= 0.3 is 7.12 Å². The summed E-state index contributed by atoms with van der Waals surface area (Å²) in [5, 5.41) is 0.429. The van der Waals surface area contributed by atoms with Crippen molar-refractivity contribution >= 4 is 24.2 Å². The Bertz CT molecular complexity index is 360. The number of hydrogen-bond acceptors (Lipinski definition) is 3. The molecule has 0 amide bonds. The first-order valence-corrected chi connectivity index (χ1v) is 6.27. The SMILES string of the molecule is CCOB(OC(C)(C)CC)c1cccnc1Cl. The van der Waals surface area contributed by atoms with Crippen LogP contribution in [0, 0.1) is 0 Å². The van der Waals surface area contributed by atoms with E-state index < -0.39 is 7.12 Å². The molecule has 0 radical (unpaired) electrons. The molecule has 3 nitrogen and oxygen atoms in total. The molecular formula is C12H19BClNO2. The zero-order valence-corrected chi connectivity index (χ0v) is 11.6. The van der Waals surface area contributed by atoms with Crippen LogP contribution < -0.4 is 5.46 Å². The Morgan fingerprint density at radius 2 is 2.12 bits per heavy atom. The molecule has 0 aromatic carbocycles. The van der Waals surface area contributed by atoms with Gasteiger partial charge in [-0.2, -0.15) is 0 Å². The molecule has 0 aliphatic heterocycles. The van der Waals surface area contributed by atoms with Crippen molar-refractivity contribution in [3.63, 3.8) is 0 Å². The van der Waals surface area contributed by atoms with Crippen LogP contribution in [0.25, 0.3) is 0 Å². The molecule has 1 heterocycles. The minimum absolute atomic E-state index is 0.251. The highest BCUT2D eigenvalue weighted by atomic mass is 35.5. The summed E-state index contributed by atoms with van der Waals surface area (Å²) in [6.07, 6.45) is 2.55. The van der Waals surface area contributed by atoms with Crippen LogP contribution in [0.4, 0.5) is 0 Å². The van der Waals surface area contributed by atoms with Crippen molar-refractivity contribution in [2.75, 3.05) is 6.61 Å². The standard InChI is InChI=1S/C12H19BClNO2/c1-5-12(3,4)17-13(16-6-2)10-8-7-9-15-11(10)14/h7-9H,5-6H2,1-4H3. The van der Waals surface area contributed by atoms with E-state index >= 15 is 0 Å². The van der Waals surface area contributed by atoms with Gasteiger partial charge in [-0.1, -0.05) is 24.6 Å². The molecule has 0 atom stereocenters. The number of hydrogen-bond donors (Lipinski definition) is 0. The highest BCUT2D eigenvalue weighted by molar-refractivity contribution is 6.64. The molecule has 0 bridgehead atoms. The fraction of sp³-hybridized carbons (Fsp3) is 0.583. The van der Waals surface area contributed by atoms with E-state index in [-0.39, 0.29) is 5.60 Å². The van der Waals surface area contributed by atoms with Gasteiger partial charge in [-0.05, 0) is 33.3 Å². The van der Waals surface area contributed by atoms with Gasteiger partial charge in [0.25, 0.3) is 0 Å². The van der Waals surface area contributed by atoms with E-state index in [0.717, 1.165) is 11.9 Å². The molecule has 0 saturated carbocycles. The molecule has 94 valence electrons. The van der Waals surface area contributed by atoms with Gasteiger partial charge in [0, 0.05) is 23.9 Å². The second-order valence-electron chi connectivity index (χ2n) is 4.40. The van der Waals surface area contributed by atoms with Crippen molar-refractivity contribution < 1.29 is 9.31 Å². The second kappa shape index (κ2) is 6.38. The average Bonchev–Trinajstić information content (AvgIpc) is 2.29. The van der Waals surface area contributed by atoms with E-state index in [0.29, 0.717) is 11.8 Å². The van der Waals surface area contributed by atoms with E-state index in [4.69, 9.17) is 20.9 Å². The molecule has 17 heavy (non-hydrogen) atoms. The van der Waals surface area contributed by atoms with Gasteiger partial charge in [0.05, 0.1) is 0 Å². The zero-order chi connectivity index (χ0) is 12.9. The molecule has 5 heteroatoms. The minimum Gasteiger partial charge on any atom is -0.407 e. The number of aromatic nitrogens is 1. The van der Waals surface area contributed by atoms with Crippen molar-refractivity contribution in [3.05, 3.63) is 23.5 Å². The molecule has 0 aliphatic rings. The molecule has 1 aromatic rings. The maximum absolute atomic E-state index is 6.06. The highest BCUT2D eigenvalue weighted by Gasteiger charge is 2.30. The van der Waals surface area contributed by atoms with Crippen LogP contribution >= 0.6 is 11.6 Å². The summed E-state index contributed by atoms with van der Waals surface area (Å²) < 4.78 is 11.5. The van der Waals surface area contributed by atoms with E-state index in [1.165, 1.54) is 0 Å². The summed E-state index contributed by atoms with van der Waals surface area (Å²) in [4.78, 5) is 4.04. The lowest BCUT2D eigenvalue weighted by molar-refractivity contribution is 0.0706. The Morgan fingerprint density at radius 1 is 1.41 bits per heavy atom. The van der Waals surface area contributed by atoms with Crippen LogP contribution in [0.1, 0.15) is 34.1 Å². The van der Waals surface area contributed by atoms with Gasteiger partial charge in [-0.25, -0.2) is 4.98 Å². The molecule has 0 N–H and O–H groups in total. The summed E-state index contributed by atoms with van der Waals surface area (Å²) in [6.45, 7) is 8.63. The Morgan fingerprint density at radius 3 is 2.65 bits per heavy atom. The van der Waals surface area contributed by atoms with Crippen LogP contribution in [0.15, 0.2) is 18.3 Å². The van der Waals surface area contributed by atoms with Crippen LogP contribution in [0.2, 0.25) is 5.15 Å². The number of pyridine rings is 1. The Hall–Kier alpha value is -0.575. The van der Waals surface area contributed by atoms with Gasteiger partial charge in [-0.3, -0.25) is 0 Å². The Kier molecular flexibility index (Phi) is 5.44. The third kappa shape index (κ3) is 4.30. The first-order valence-electron chi connectivity index (χ1n) is 5.90. The summed E-state index contributed by atoms with van der Waals surface area (Å²) in [5.41, 5.74) is 0.525. The first-order chi connectivity index (χ1) is 8.00. The lowest BCUT2D eigenvalue weighted by Crippen LogP contribution is -2.44. The van der Waals surface area contributed by atoms with E-state index in [9.17, 15) is 0 Å². The Balaban J connectivity index is 2.90. The monoisotopic (exact) mass is 255 g/mol. The number of nitrogens with zero attached hydrogens (tertiary/aromatic N) is 1. The lowest BCUT2D eigenvalue weighted by atomic mass is 9.78. The van der Waals surface area contributed by atoms with Crippen LogP contribution in [0.5, 0.6) is 0 Å². The second-order valence-corrected chi connectivity index (χ2v) is 4.76. The molecule has 0 fully saturated rings. The first kappa shape index (κ1) is 14.5. The largest absolute Gasteiger partial charge is 0.497 e. The van der Waals surface area contributed by atoms with Gasteiger partial charge in [0.1, 0.15) is 5.15 Å². The maximum atomic E-state index is 6.06. The lowest BCUT2D eigenvalue weighted by Gasteiger charge is -2.28. The molecule has 1 aromatic heterocycles. The van der Waals surface area contributed by atoms with Crippen molar-refractivity contribution in [1.29, 1.82) is 0 Å². The zero-order valence-electron chi connectivity index (χ0n) is 10.9. The van der Waals surface area contributed by atoms with Gasteiger partial charge in [0.15, 0.2) is 0 Å². The predicted molar refractivity (Wildman–Crippen MR) is 71.7 cm³/mol. The van der Waals surface area contributed by atoms with E-state index in [2.05, 4.69) is 11.9 Å². The van der Waals surface area contributed by atoms with Crippen LogP contribution in [0.3, 0.4) is 0 Å². The topological polar surface area (TPSA) is 31.4 Å². The fourth-order valence-electron chi connectivity index (χ4n) is 1.29. The normalized spacial score (nSPS) is 11.6. The van der Waals surface area contributed by atoms with Crippen LogP contribution in [-0.4, -0.2) is 24.3 Å². The highest BCUT2D eigenvalue weighted by Crippen LogP contribution is 2.16. The summed E-state index contributed by atoms with van der Waals surface area (Å²) in [7, 11) is -0.462. The van der Waals surface area contributed by atoms with Gasteiger partial charge in [-0.15, -0.1) is 0 Å². The number of halogens is 1. The van der Waals surface area contributed by atoms with Crippen molar-refractivity contribution in [2.24, 2.45) is 0 Å². The average molecular weight is 256 g/mol. The Labute approximate surface area is 109 Å². The quantitative estimate of drug-likeness (QED) is 0.578. The smallest absolute Gasteiger partial charge is 0.407 e. The summed E-state index contributed by atoms with van der Waals surface area (Å²) in [6, 6.07) is 3.71. The van der Waals surface area contributed by atoms with Crippen molar-refractivity contribution in [2.45, 2.75) is 39.7 Å². The molecular weight excluding hydrogens is 236 g/mol. The molecule has 0 unspecified atom stereocenters. The van der Waals surface area contributed by atoms with Gasteiger partial charge in [0.2, 0.25) is 0 Å². The summed E-state index contributed by atoms with van der Waals surface area (Å²) in [5.74, 6) is 0. The summed E-state index contributed by atoms with van der Waals surface area (Å²) >= 11 is 6.06.